The van der Waals surface area contributed by atoms with E-state index in [-0.39, 0.29) is 12.2 Å². The molecule has 1 aliphatic rings. The molecule has 1 saturated heterocycles. The second-order valence-electron chi connectivity index (χ2n) is 2.98. The highest BCUT2D eigenvalue weighted by atomic mass is 16.7. The van der Waals surface area contributed by atoms with E-state index >= 15 is 0 Å². The Labute approximate surface area is 72.7 Å². The smallest absolute Gasteiger partial charge is 0.223 e. The second-order valence-corrected chi connectivity index (χ2v) is 2.98. The van der Waals surface area contributed by atoms with Crippen LogP contribution in [0.4, 0.5) is 0 Å². The maximum absolute atomic E-state index is 8.86. The number of rotatable bonds is 0. The molecule has 0 spiro atoms. The van der Waals surface area contributed by atoms with E-state index in [4.69, 9.17) is 14.6 Å². The van der Waals surface area contributed by atoms with E-state index in [1.165, 1.54) is 0 Å². The van der Waals surface area contributed by atoms with Gasteiger partial charge in [0.2, 0.25) is 6.29 Å². The van der Waals surface area contributed by atoms with Gasteiger partial charge in [0.15, 0.2) is 0 Å². The Morgan fingerprint density at radius 3 is 2.17 bits per heavy atom. The molecule has 0 aromatic heterocycles. The number of hydrogen-bond donors (Lipinski definition) is 1. The Bertz CT molecular complexity index is 192. The fourth-order valence-electron chi connectivity index (χ4n) is 0.900. The van der Waals surface area contributed by atoms with Gasteiger partial charge in [-0.2, -0.15) is 0 Å². The highest BCUT2D eigenvalue weighted by molar-refractivity contribution is 5.07. The first kappa shape index (κ1) is 9.53. The summed E-state index contributed by atoms with van der Waals surface area (Å²) in [5, 5.41) is 8.86. The Morgan fingerprint density at radius 1 is 1.25 bits per heavy atom. The average molecular weight is 170 g/mol. The maximum Gasteiger partial charge on any atom is 0.223 e. The van der Waals surface area contributed by atoms with E-state index in [9.17, 15) is 0 Å². The van der Waals surface area contributed by atoms with Crippen LogP contribution in [0.1, 0.15) is 20.8 Å². The zero-order valence-electron chi connectivity index (χ0n) is 7.57. The summed E-state index contributed by atoms with van der Waals surface area (Å²) in [7, 11) is 0. The monoisotopic (exact) mass is 170 g/mol. The molecule has 3 heteroatoms. The van der Waals surface area contributed by atoms with Crippen LogP contribution in [0.25, 0.3) is 0 Å². The number of aliphatic hydroxyl groups excluding tert-OH is 1. The highest BCUT2D eigenvalue weighted by Crippen LogP contribution is 2.17. The normalized spacial score (nSPS) is 32.7. The Balaban J connectivity index is 2.44. The molecule has 0 radical (unpaired) electrons. The summed E-state index contributed by atoms with van der Waals surface area (Å²) in [5.41, 5.74) is 0. The molecule has 0 amide bonds. The molecule has 1 rings (SSSR count). The standard InChI is InChI=1S/C9H14O3/c1-6(10)4-5-9-11-7(2)8(3)12-9/h6-10H,1-3H3/t6-,7-,8-/m1/s1. The minimum Gasteiger partial charge on any atom is -0.381 e. The van der Waals surface area contributed by atoms with Gasteiger partial charge in [0.1, 0.15) is 6.10 Å². The summed E-state index contributed by atoms with van der Waals surface area (Å²) in [4.78, 5) is 0. The van der Waals surface area contributed by atoms with E-state index in [0.717, 1.165) is 0 Å². The van der Waals surface area contributed by atoms with Crippen LogP contribution in [0.5, 0.6) is 0 Å². The average Bonchev–Trinajstić information content (AvgIpc) is 2.28. The van der Waals surface area contributed by atoms with Crippen LogP contribution >= 0.6 is 0 Å². The third-order valence-electron chi connectivity index (χ3n) is 1.75. The molecule has 0 bridgehead atoms. The van der Waals surface area contributed by atoms with Crippen molar-refractivity contribution in [2.24, 2.45) is 0 Å². The summed E-state index contributed by atoms with van der Waals surface area (Å²) >= 11 is 0. The SMILES string of the molecule is C[C@@H](O)C#CC1O[C@H](C)[C@@H](C)O1. The summed E-state index contributed by atoms with van der Waals surface area (Å²) in [5.74, 6) is 5.28. The van der Waals surface area contributed by atoms with Crippen LogP contribution < -0.4 is 0 Å². The van der Waals surface area contributed by atoms with Crippen molar-refractivity contribution in [2.75, 3.05) is 0 Å². The largest absolute Gasteiger partial charge is 0.381 e. The van der Waals surface area contributed by atoms with Gasteiger partial charge in [0, 0.05) is 0 Å². The number of hydrogen-bond acceptors (Lipinski definition) is 3. The van der Waals surface area contributed by atoms with E-state index in [1.807, 2.05) is 13.8 Å². The minimum absolute atomic E-state index is 0.0818. The molecule has 1 N–H and O–H groups in total. The Morgan fingerprint density at radius 2 is 1.75 bits per heavy atom. The van der Waals surface area contributed by atoms with Crippen LogP contribution in [0.15, 0.2) is 0 Å². The topological polar surface area (TPSA) is 38.7 Å². The van der Waals surface area contributed by atoms with Crippen molar-refractivity contribution in [1.29, 1.82) is 0 Å². The zero-order valence-corrected chi connectivity index (χ0v) is 7.57. The van der Waals surface area contributed by atoms with Gasteiger partial charge < -0.3 is 14.6 Å². The minimum atomic E-state index is -0.622. The molecule has 1 fully saturated rings. The molecule has 3 atom stereocenters. The third kappa shape index (κ3) is 2.49. The van der Waals surface area contributed by atoms with E-state index in [2.05, 4.69) is 11.8 Å². The maximum atomic E-state index is 8.86. The Kier molecular flexibility index (Phi) is 3.10. The van der Waals surface area contributed by atoms with Crippen molar-refractivity contribution >= 4 is 0 Å². The first-order valence-electron chi connectivity index (χ1n) is 4.09. The molecule has 0 unspecified atom stereocenters. The zero-order chi connectivity index (χ0) is 9.14. The van der Waals surface area contributed by atoms with E-state index in [0.29, 0.717) is 0 Å². The second kappa shape index (κ2) is 3.90. The van der Waals surface area contributed by atoms with Crippen molar-refractivity contribution in [2.45, 2.75) is 45.4 Å². The lowest BCUT2D eigenvalue weighted by Gasteiger charge is -2.01. The number of aliphatic hydroxyl groups is 1. The predicted molar refractivity (Wildman–Crippen MR) is 44.3 cm³/mol. The van der Waals surface area contributed by atoms with Crippen LogP contribution in [-0.2, 0) is 9.47 Å². The molecule has 1 heterocycles. The van der Waals surface area contributed by atoms with Crippen LogP contribution in [0, 0.1) is 11.8 Å². The number of ether oxygens (including phenoxy) is 2. The molecular weight excluding hydrogens is 156 g/mol. The van der Waals surface area contributed by atoms with Gasteiger partial charge in [0.25, 0.3) is 0 Å². The van der Waals surface area contributed by atoms with E-state index < -0.39 is 12.4 Å². The van der Waals surface area contributed by atoms with Gasteiger partial charge in [-0.3, -0.25) is 0 Å². The molecule has 0 aromatic rings. The van der Waals surface area contributed by atoms with Crippen molar-refractivity contribution in [3.8, 4) is 11.8 Å². The molecule has 68 valence electrons. The summed E-state index contributed by atoms with van der Waals surface area (Å²) in [6, 6.07) is 0. The molecule has 0 aromatic carbocycles. The van der Waals surface area contributed by atoms with Crippen molar-refractivity contribution in [3.05, 3.63) is 0 Å². The highest BCUT2D eigenvalue weighted by Gasteiger charge is 2.27. The van der Waals surface area contributed by atoms with Gasteiger partial charge in [-0.15, -0.1) is 0 Å². The molecule has 12 heavy (non-hydrogen) atoms. The van der Waals surface area contributed by atoms with Gasteiger partial charge in [0.05, 0.1) is 12.2 Å². The lowest BCUT2D eigenvalue weighted by Crippen LogP contribution is -2.13. The lowest BCUT2D eigenvalue weighted by atomic mass is 10.3. The fraction of sp³-hybridized carbons (Fsp3) is 0.778. The van der Waals surface area contributed by atoms with Gasteiger partial charge in [-0.05, 0) is 26.7 Å². The molecule has 1 aliphatic heterocycles. The van der Waals surface area contributed by atoms with Gasteiger partial charge >= 0.3 is 0 Å². The van der Waals surface area contributed by atoms with Crippen LogP contribution in [0.2, 0.25) is 0 Å². The van der Waals surface area contributed by atoms with E-state index in [1.54, 1.807) is 6.92 Å². The fourth-order valence-corrected chi connectivity index (χ4v) is 0.900. The molecule has 0 saturated carbocycles. The van der Waals surface area contributed by atoms with Crippen molar-refractivity contribution in [1.82, 2.24) is 0 Å². The molecular formula is C9H14O3. The lowest BCUT2D eigenvalue weighted by molar-refractivity contribution is -0.0170. The third-order valence-corrected chi connectivity index (χ3v) is 1.75. The molecule has 3 nitrogen and oxygen atoms in total. The summed E-state index contributed by atoms with van der Waals surface area (Å²) in [6.07, 6.45) is -0.926. The van der Waals surface area contributed by atoms with Crippen LogP contribution in [-0.4, -0.2) is 29.7 Å². The van der Waals surface area contributed by atoms with Crippen LogP contribution in [0.3, 0.4) is 0 Å². The van der Waals surface area contributed by atoms with Crippen molar-refractivity contribution in [3.63, 3.8) is 0 Å². The predicted octanol–water partition coefficient (Wildman–Crippen LogP) is 0.520. The summed E-state index contributed by atoms with van der Waals surface area (Å²) < 4.78 is 10.6. The first-order chi connectivity index (χ1) is 5.59. The van der Waals surface area contributed by atoms with Gasteiger partial charge in [-0.1, -0.05) is 5.92 Å². The first-order valence-corrected chi connectivity index (χ1v) is 4.09. The molecule has 0 aliphatic carbocycles. The quantitative estimate of drug-likeness (QED) is 0.539. The van der Waals surface area contributed by atoms with Gasteiger partial charge in [-0.25, -0.2) is 0 Å². The summed E-state index contributed by atoms with van der Waals surface area (Å²) in [6.45, 7) is 5.48. The Hall–Kier alpha value is -0.560. The van der Waals surface area contributed by atoms with Crippen molar-refractivity contribution < 1.29 is 14.6 Å².